The topological polar surface area (TPSA) is 549 Å². The van der Waals surface area contributed by atoms with Gasteiger partial charge in [-0.15, -0.1) is 0 Å². The lowest BCUT2D eigenvalue weighted by molar-refractivity contribution is -0.158. The van der Waals surface area contributed by atoms with Crippen molar-refractivity contribution < 1.29 is 135 Å². The highest BCUT2D eigenvalue weighted by Gasteiger charge is 2.49. The monoisotopic (exact) mass is 2220 g/mol. The van der Waals surface area contributed by atoms with Crippen molar-refractivity contribution >= 4 is 157 Å². The van der Waals surface area contributed by atoms with E-state index in [0.717, 1.165) is 148 Å². The second-order valence-corrected chi connectivity index (χ2v) is 39.9. The first-order valence-corrected chi connectivity index (χ1v) is 48.0. The maximum absolute atomic E-state index is 13.8. The van der Waals surface area contributed by atoms with Gasteiger partial charge in [0.05, 0.1) is 23.2 Å². The van der Waals surface area contributed by atoms with E-state index in [0.29, 0.717) is 37.9 Å². The zero-order valence-corrected chi connectivity index (χ0v) is 87.4. The minimum atomic E-state index is -3.54. The van der Waals surface area contributed by atoms with Crippen LogP contribution in [0.4, 0.5) is 121 Å². The van der Waals surface area contributed by atoms with E-state index < -0.39 is 124 Å². The lowest BCUT2D eigenvalue weighted by Crippen LogP contribution is -2.44. The van der Waals surface area contributed by atoms with Gasteiger partial charge in [0.1, 0.15) is 54.0 Å². The molecule has 0 atom stereocenters. The zero-order chi connectivity index (χ0) is 110. The molecule has 3 aliphatic carbocycles. The first-order chi connectivity index (χ1) is 69.0. The van der Waals surface area contributed by atoms with E-state index in [-0.39, 0.29) is 86.3 Å². The van der Waals surface area contributed by atoms with E-state index in [9.17, 15) is 82.3 Å². The number of amides is 7. The van der Waals surface area contributed by atoms with Gasteiger partial charge in [-0.25, -0.2) is 73.8 Å². The molecule has 0 unspecified atom stereocenters. The number of nitrogens with zero attached hydrogens (tertiary/aromatic N) is 12. The minimum absolute atomic E-state index is 0.00463. The highest BCUT2D eigenvalue weighted by atomic mass is 79.9. The number of imide groups is 2. The third kappa shape index (κ3) is 33.7. The van der Waals surface area contributed by atoms with Crippen LogP contribution in [-0.4, -0.2) is 177 Å². The number of aryl methyl sites for hydroxylation is 3. The predicted octanol–water partition coefficient (Wildman–Crippen LogP) is 21.3. The maximum atomic E-state index is 13.8. The molecule has 40 nitrogen and oxygen atoms in total. The number of aromatic hydroxyl groups is 1. The van der Waals surface area contributed by atoms with Gasteiger partial charge in [0.25, 0.3) is 17.7 Å². The molecular formula is C94H117BrCl3F10N21O19. The second kappa shape index (κ2) is 51.6. The normalized spacial score (nSPS) is 15.3. The standard InChI is InChI=1S/C29H37F2N5O6.C19H21F2N5O2.C15H20ClF2N3O5.C14H18N2O.C5H4ClF2N3O.C4H5BrF2O2.C4H4ClN3O.C4H8O/c1-16-13-17(14-18-19(16)23(37)35-29(18)11-9-8-10-12-29)34-21-20(40-24(30)31)22(33-15-32-21)36(25(38)41-27(2,3)4)26(39)42-28(5,6)7;1-10-7-11(25-16-14(28-18(20)21)15(22)23-9-24-16)8-12-13(10)17(27)26-19(12)5-3-2-4-6-19;1-14(2,3)25-12(22)21(13(23)26-15(4,5)6)10-8(24-11(17)18)9(16)19-7-20-10;1-9-7-10(15)8-11-12(9)13(17)16-14(11)5-3-2-4-6-14;6-3-2(12-5(7)8)4(9)11-1-10-3;1-2-9-3(8)4(5,6)7;5-3-2(9)4(6)8-1-7-3;1-2-4-5-3-1/h13-15,24H,8-12H2,1-7H3,(H,35,37)(H,32,33,34);7-9,18H,2-6H2,1H3,(H,26,27)(H3,22,23,24,25);7,11H,1-6H3;7-8H,2-6,15H2,1H3,(H,16,17);1,5H,(H2,9,10,11);2H2,1H3;1,9H,(H2,6,7,8);1-4H2. The van der Waals surface area contributed by atoms with E-state index in [1.54, 1.807) is 108 Å². The number of nitrogens with two attached hydrogens (primary N) is 4. The second-order valence-electron chi connectivity index (χ2n) is 37.8. The Morgan fingerprint density at radius 1 is 0.432 bits per heavy atom. The van der Waals surface area contributed by atoms with Gasteiger partial charge in [-0.05, 0) is 232 Å². The molecule has 0 bridgehead atoms. The molecule has 9 heterocycles. The smallest absolute Gasteiger partial charge is 0.425 e. The number of anilines is 10. The molecule has 3 aromatic carbocycles. The van der Waals surface area contributed by atoms with Crippen molar-refractivity contribution in [3.8, 4) is 28.7 Å². The van der Waals surface area contributed by atoms with Gasteiger partial charge in [0.15, 0.2) is 61.9 Å². The Morgan fingerprint density at radius 2 is 0.736 bits per heavy atom. The number of ether oxygens (including phenoxy) is 10. The van der Waals surface area contributed by atoms with Crippen LogP contribution in [-0.2, 0) is 49.8 Å². The summed E-state index contributed by atoms with van der Waals surface area (Å²) >= 11 is 18.3. The molecule has 15 rings (SSSR count). The number of carbonyl (C=O) groups excluding carboxylic acids is 8. The number of aromatic nitrogens is 10. The van der Waals surface area contributed by atoms with Crippen molar-refractivity contribution in [2.75, 3.05) is 63.2 Å². The van der Waals surface area contributed by atoms with Crippen LogP contribution >= 0.6 is 50.7 Å². The molecule has 810 valence electrons. The summed E-state index contributed by atoms with van der Waals surface area (Å²) in [5.74, 6) is -5.92. The van der Waals surface area contributed by atoms with Crippen molar-refractivity contribution in [1.29, 1.82) is 0 Å². The molecular weight excluding hydrogens is 2100 g/mol. The zero-order valence-electron chi connectivity index (χ0n) is 83.6. The first-order valence-electron chi connectivity index (χ1n) is 46.1. The predicted molar refractivity (Wildman–Crippen MR) is 528 cm³/mol. The SMILES string of the molecule is C1CCOC1.CC(C)(C)OC(=O)N(C(=O)OC(C)(C)C)c1ncnc(Cl)c1OC(F)F.CCOC(=O)C(F)(F)Br.Cc1cc(N)cc2c1C(=O)NC21CCCCC1.Cc1cc(Nc2ncnc(N(C(=O)OC(C)(C)C)C(=O)OC(C)(C)C)c2OC(F)F)cc2c1C(=O)NC21CCCCC1.Cc1cc(Nc2ncnc(N)c2OC(F)F)cc2c1C(=O)NC21CCCCC1.Nc1ncnc(Cl)c1O.Nc1ncnc(Cl)c1OC(F)F. The third-order valence-corrected chi connectivity index (χ3v) is 22.9. The number of halogens is 14. The van der Waals surface area contributed by atoms with Crippen LogP contribution in [0.5, 0.6) is 28.7 Å². The van der Waals surface area contributed by atoms with Crippen LogP contribution in [0.3, 0.4) is 0 Å². The van der Waals surface area contributed by atoms with Crippen molar-refractivity contribution in [2.24, 2.45) is 0 Å². The molecule has 14 N–H and O–H groups in total. The van der Waals surface area contributed by atoms with Gasteiger partial charge in [-0.2, -0.15) is 53.7 Å². The Kier molecular flexibility index (Phi) is 41.9. The summed E-state index contributed by atoms with van der Waals surface area (Å²) in [5, 5.41) is 23.6. The van der Waals surface area contributed by atoms with E-state index >= 15 is 0 Å². The van der Waals surface area contributed by atoms with Crippen molar-refractivity contribution in [3.05, 3.63) is 134 Å². The Bertz CT molecular complexity index is 5910. The summed E-state index contributed by atoms with van der Waals surface area (Å²) in [5.41, 5.74) is 26.2. The number of nitrogen functional groups attached to an aromatic ring is 4. The fourth-order valence-corrected chi connectivity index (χ4v) is 16.7. The number of benzene rings is 3. The fourth-order valence-electron chi connectivity index (χ4n) is 16.1. The molecule has 7 aliphatic rings. The van der Waals surface area contributed by atoms with Crippen LogP contribution in [0.2, 0.25) is 15.5 Å². The van der Waals surface area contributed by atoms with Crippen molar-refractivity contribution in [1.82, 2.24) is 65.8 Å². The number of nitrogens with one attached hydrogen (secondary N) is 5. The number of hydrogen-bond donors (Lipinski definition) is 10. The Morgan fingerprint density at radius 3 is 1.07 bits per heavy atom. The van der Waals surface area contributed by atoms with E-state index in [2.05, 4.69) is 95.4 Å². The Labute approximate surface area is 868 Å². The number of alkyl halides is 11. The van der Waals surface area contributed by atoms with Gasteiger partial charge < -0.3 is 102 Å². The van der Waals surface area contributed by atoms with Gasteiger partial charge in [-0.3, -0.25) is 14.4 Å². The lowest BCUT2D eigenvalue weighted by atomic mass is 9.77. The van der Waals surface area contributed by atoms with Crippen molar-refractivity contribution in [2.45, 2.75) is 290 Å². The van der Waals surface area contributed by atoms with Gasteiger partial charge in [0, 0.05) is 62.9 Å². The minimum Gasteiger partial charge on any atom is -0.502 e. The average Bonchev–Trinajstić information content (AvgIpc) is 1.59. The van der Waals surface area contributed by atoms with E-state index in [1.165, 1.54) is 51.7 Å². The third-order valence-electron chi connectivity index (χ3n) is 21.8. The Balaban J connectivity index is 0.000000222. The molecule has 4 aliphatic heterocycles. The summed E-state index contributed by atoms with van der Waals surface area (Å²) in [6, 6.07) is 11.0. The fraction of sp³-hybridized carbons (Fsp3) is 0.511. The van der Waals surface area contributed by atoms with Crippen molar-refractivity contribution in [3.63, 3.8) is 0 Å². The van der Waals surface area contributed by atoms with Crippen LogP contribution < -0.4 is 78.3 Å². The van der Waals surface area contributed by atoms with Crippen LogP contribution in [0.15, 0.2) is 68.0 Å². The quantitative estimate of drug-likeness (QED) is 0.0107. The largest absolute Gasteiger partial charge is 0.502 e. The molecule has 148 heavy (non-hydrogen) atoms. The maximum Gasteiger partial charge on any atom is 0.425 e. The van der Waals surface area contributed by atoms with Gasteiger partial charge in [-0.1, -0.05) is 92.6 Å². The molecule has 8 aromatic rings. The number of hydrogen-bond acceptors (Lipinski definition) is 35. The van der Waals surface area contributed by atoms with Crippen LogP contribution in [0.25, 0.3) is 0 Å². The molecule has 7 amide bonds. The van der Waals surface area contributed by atoms with Gasteiger partial charge in [0.2, 0.25) is 23.0 Å². The molecule has 3 saturated carbocycles. The first kappa shape index (κ1) is 120. The van der Waals surface area contributed by atoms with E-state index in [4.69, 9.17) is 91.3 Å². The summed E-state index contributed by atoms with van der Waals surface area (Å²) in [6.45, 7) is 15.2. The van der Waals surface area contributed by atoms with Gasteiger partial charge >= 0.3 is 61.6 Å². The highest BCUT2D eigenvalue weighted by Crippen LogP contribution is 2.50. The summed E-state index contributed by atoms with van der Waals surface area (Å²) < 4.78 is 173. The highest BCUT2D eigenvalue weighted by molar-refractivity contribution is 9.10. The van der Waals surface area contributed by atoms with Crippen LogP contribution in [0.1, 0.15) is 264 Å². The summed E-state index contributed by atoms with van der Waals surface area (Å²) in [6.07, 6.45) is 18.3. The molecule has 4 fully saturated rings. The lowest BCUT2D eigenvalue weighted by Gasteiger charge is -2.34. The van der Waals surface area contributed by atoms with Crippen LogP contribution in [0, 0.1) is 20.8 Å². The molecule has 3 spiro atoms. The molecule has 0 radical (unpaired) electrons. The average molecular weight is 2220 g/mol. The summed E-state index contributed by atoms with van der Waals surface area (Å²) in [7, 11) is 0. The number of esters is 1. The van der Waals surface area contributed by atoms with E-state index in [1.807, 2.05) is 48.0 Å². The number of carbonyl (C=O) groups is 8. The molecule has 54 heteroatoms. The molecule has 1 saturated heterocycles. The Hall–Kier alpha value is -13.2. The molecule has 5 aromatic heterocycles. The summed E-state index contributed by atoms with van der Waals surface area (Å²) in [4.78, 5) is 133. The number of fused-ring (bicyclic) bond motifs is 6. The number of rotatable bonds is 16.